The van der Waals surface area contributed by atoms with Crippen LogP contribution >= 0.6 is 0 Å². The molecule has 0 fully saturated rings. The summed E-state index contributed by atoms with van der Waals surface area (Å²) in [7, 11) is 0. The average Bonchev–Trinajstić information content (AvgIpc) is 2.07. The zero-order valence-corrected chi connectivity index (χ0v) is 9.59. The standard InChI is InChI=1S/C13H20O/c1-5-6-10-9-11(13(2,3)4)7-8-12(10)14/h7-9,14H,5-6H2,1-4H3. The smallest absolute Gasteiger partial charge is 0.118 e. The third-order valence-corrected chi connectivity index (χ3v) is 2.46. The number of hydrogen-bond donors (Lipinski definition) is 1. The lowest BCUT2D eigenvalue weighted by Gasteiger charge is -2.20. The summed E-state index contributed by atoms with van der Waals surface area (Å²) in [6, 6.07) is 5.94. The van der Waals surface area contributed by atoms with Crippen LogP contribution in [0.25, 0.3) is 0 Å². The van der Waals surface area contributed by atoms with E-state index in [1.54, 1.807) is 0 Å². The third-order valence-electron chi connectivity index (χ3n) is 2.46. The van der Waals surface area contributed by atoms with Crippen molar-refractivity contribution in [3.63, 3.8) is 0 Å². The highest BCUT2D eigenvalue weighted by Gasteiger charge is 2.14. The summed E-state index contributed by atoms with van der Waals surface area (Å²) in [5.74, 6) is 0.430. The van der Waals surface area contributed by atoms with Crippen molar-refractivity contribution in [1.29, 1.82) is 0 Å². The van der Waals surface area contributed by atoms with Gasteiger partial charge in [0.2, 0.25) is 0 Å². The van der Waals surface area contributed by atoms with Crippen molar-refractivity contribution in [2.45, 2.75) is 46.0 Å². The Morgan fingerprint density at radius 2 is 1.86 bits per heavy atom. The first kappa shape index (κ1) is 11.1. The van der Waals surface area contributed by atoms with Gasteiger partial charge in [0.25, 0.3) is 0 Å². The van der Waals surface area contributed by atoms with Crippen LogP contribution in [-0.2, 0) is 11.8 Å². The number of rotatable bonds is 2. The van der Waals surface area contributed by atoms with E-state index in [-0.39, 0.29) is 5.41 Å². The fraction of sp³-hybridized carbons (Fsp3) is 0.538. The predicted molar refractivity (Wildman–Crippen MR) is 60.8 cm³/mol. The van der Waals surface area contributed by atoms with E-state index in [9.17, 15) is 5.11 Å². The Morgan fingerprint density at radius 1 is 1.21 bits per heavy atom. The molecule has 0 aliphatic carbocycles. The van der Waals surface area contributed by atoms with Crippen LogP contribution in [0.4, 0.5) is 0 Å². The molecule has 0 saturated heterocycles. The molecule has 1 N–H and O–H groups in total. The number of phenolic OH excluding ortho intramolecular Hbond substituents is 1. The fourth-order valence-electron chi connectivity index (χ4n) is 1.52. The van der Waals surface area contributed by atoms with Gasteiger partial charge in [-0.2, -0.15) is 0 Å². The summed E-state index contributed by atoms with van der Waals surface area (Å²) in [5.41, 5.74) is 2.52. The summed E-state index contributed by atoms with van der Waals surface area (Å²) in [5, 5.41) is 9.63. The van der Waals surface area contributed by atoms with E-state index in [1.165, 1.54) is 5.56 Å². The van der Waals surface area contributed by atoms with Crippen molar-refractivity contribution in [3.8, 4) is 5.75 Å². The van der Waals surface area contributed by atoms with Crippen LogP contribution in [0.2, 0.25) is 0 Å². The van der Waals surface area contributed by atoms with Crippen molar-refractivity contribution in [2.75, 3.05) is 0 Å². The minimum atomic E-state index is 0.163. The normalized spacial score (nSPS) is 11.7. The lowest BCUT2D eigenvalue weighted by atomic mass is 9.85. The number of benzene rings is 1. The fourth-order valence-corrected chi connectivity index (χ4v) is 1.52. The molecule has 0 aromatic heterocycles. The van der Waals surface area contributed by atoms with Gasteiger partial charge < -0.3 is 5.11 Å². The number of aryl methyl sites for hydroxylation is 1. The first-order valence-electron chi connectivity index (χ1n) is 5.27. The molecular weight excluding hydrogens is 172 g/mol. The summed E-state index contributed by atoms with van der Waals surface area (Å²) >= 11 is 0. The Labute approximate surface area is 86.8 Å². The van der Waals surface area contributed by atoms with Crippen molar-refractivity contribution >= 4 is 0 Å². The van der Waals surface area contributed by atoms with Gasteiger partial charge in [-0.15, -0.1) is 0 Å². The highest BCUT2D eigenvalue weighted by molar-refractivity contribution is 5.38. The molecule has 0 aliphatic heterocycles. The van der Waals surface area contributed by atoms with Crippen molar-refractivity contribution < 1.29 is 5.11 Å². The zero-order valence-electron chi connectivity index (χ0n) is 9.59. The molecule has 0 bridgehead atoms. The van der Waals surface area contributed by atoms with Crippen LogP contribution in [-0.4, -0.2) is 5.11 Å². The first-order valence-corrected chi connectivity index (χ1v) is 5.27. The van der Waals surface area contributed by atoms with Crippen LogP contribution in [0.1, 0.15) is 45.2 Å². The SMILES string of the molecule is CCCc1cc(C(C)(C)C)ccc1O. The molecule has 1 aromatic rings. The largest absolute Gasteiger partial charge is 0.508 e. The minimum Gasteiger partial charge on any atom is -0.508 e. The van der Waals surface area contributed by atoms with Gasteiger partial charge in [0.15, 0.2) is 0 Å². The number of hydrogen-bond acceptors (Lipinski definition) is 1. The molecule has 14 heavy (non-hydrogen) atoms. The second-order valence-corrected chi connectivity index (χ2v) is 4.84. The Bertz CT molecular complexity index is 308. The van der Waals surface area contributed by atoms with E-state index < -0.39 is 0 Å². The van der Waals surface area contributed by atoms with Gasteiger partial charge in [0.05, 0.1) is 0 Å². The van der Waals surface area contributed by atoms with Crippen molar-refractivity contribution in [1.82, 2.24) is 0 Å². The van der Waals surface area contributed by atoms with Gasteiger partial charge in [0, 0.05) is 0 Å². The Kier molecular flexibility index (Phi) is 3.20. The molecule has 0 heterocycles. The maximum atomic E-state index is 9.63. The molecule has 0 spiro atoms. The van der Waals surface area contributed by atoms with Crippen LogP contribution in [0.5, 0.6) is 5.75 Å². The summed E-state index contributed by atoms with van der Waals surface area (Å²) in [6.45, 7) is 8.70. The van der Waals surface area contributed by atoms with Gasteiger partial charge in [-0.1, -0.05) is 46.2 Å². The number of aromatic hydroxyl groups is 1. The molecular formula is C13H20O. The highest BCUT2D eigenvalue weighted by atomic mass is 16.3. The Hall–Kier alpha value is -0.980. The molecule has 0 unspecified atom stereocenters. The maximum absolute atomic E-state index is 9.63. The molecule has 1 rings (SSSR count). The molecule has 1 heteroatoms. The quantitative estimate of drug-likeness (QED) is 0.758. The van der Waals surface area contributed by atoms with Crippen LogP contribution < -0.4 is 0 Å². The highest BCUT2D eigenvalue weighted by Crippen LogP contribution is 2.27. The van der Waals surface area contributed by atoms with E-state index >= 15 is 0 Å². The lowest BCUT2D eigenvalue weighted by Crippen LogP contribution is -2.11. The van der Waals surface area contributed by atoms with Gasteiger partial charge in [0.1, 0.15) is 5.75 Å². The molecule has 0 atom stereocenters. The second-order valence-electron chi connectivity index (χ2n) is 4.84. The third kappa shape index (κ3) is 2.50. The molecule has 0 amide bonds. The monoisotopic (exact) mass is 192 g/mol. The average molecular weight is 192 g/mol. The Morgan fingerprint density at radius 3 is 2.36 bits per heavy atom. The Balaban J connectivity index is 3.06. The molecule has 1 nitrogen and oxygen atoms in total. The van der Waals surface area contributed by atoms with E-state index in [4.69, 9.17) is 0 Å². The number of phenols is 1. The summed E-state index contributed by atoms with van der Waals surface area (Å²) in [4.78, 5) is 0. The predicted octanol–water partition coefficient (Wildman–Crippen LogP) is 3.64. The lowest BCUT2D eigenvalue weighted by molar-refractivity contribution is 0.466. The van der Waals surface area contributed by atoms with Gasteiger partial charge >= 0.3 is 0 Å². The van der Waals surface area contributed by atoms with Gasteiger partial charge in [-0.25, -0.2) is 0 Å². The van der Waals surface area contributed by atoms with Crippen LogP contribution in [0.15, 0.2) is 18.2 Å². The van der Waals surface area contributed by atoms with Gasteiger partial charge in [-0.05, 0) is 29.0 Å². The van der Waals surface area contributed by atoms with Gasteiger partial charge in [-0.3, -0.25) is 0 Å². The molecule has 0 aliphatic rings. The summed E-state index contributed by atoms with van der Waals surface area (Å²) in [6.07, 6.45) is 2.02. The zero-order chi connectivity index (χ0) is 10.8. The molecule has 78 valence electrons. The topological polar surface area (TPSA) is 20.2 Å². The van der Waals surface area contributed by atoms with Crippen LogP contribution in [0, 0.1) is 0 Å². The maximum Gasteiger partial charge on any atom is 0.118 e. The van der Waals surface area contributed by atoms with Crippen molar-refractivity contribution in [3.05, 3.63) is 29.3 Å². The van der Waals surface area contributed by atoms with E-state index in [2.05, 4.69) is 33.8 Å². The summed E-state index contributed by atoms with van der Waals surface area (Å²) < 4.78 is 0. The molecule has 1 aromatic carbocycles. The van der Waals surface area contributed by atoms with E-state index in [0.29, 0.717) is 5.75 Å². The van der Waals surface area contributed by atoms with Crippen LogP contribution in [0.3, 0.4) is 0 Å². The van der Waals surface area contributed by atoms with E-state index in [1.807, 2.05) is 12.1 Å². The minimum absolute atomic E-state index is 0.163. The first-order chi connectivity index (χ1) is 6.45. The van der Waals surface area contributed by atoms with Crippen molar-refractivity contribution in [2.24, 2.45) is 0 Å². The van der Waals surface area contributed by atoms with E-state index in [0.717, 1.165) is 18.4 Å². The second kappa shape index (κ2) is 4.04. The molecule has 0 saturated carbocycles. The molecule has 0 radical (unpaired) electrons.